The molecule has 0 bridgehead atoms. The highest BCUT2D eigenvalue weighted by atomic mass is 16.5. The van der Waals surface area contributed by atoms with Crippen molar-refractivity contribution < 1.29 is 19.7 Å². The molecule has 0 saturated heterocycles. The zero-order valence-electron chi connectivity index (χ0n) is 15.5. The average Bonchev–Trinajstić information content (AvgIpc) is 2.68. The number of ether oxygens (including phenoxy) is 2. The molecule has 1 aliphatic carbocycles. The summed E-state index contributed by atoms with van der Waals surface area (Å²) >= 11 is 0. The minimum Gasteiger partial charge on any atom is -0.390 e. The van der Waals surface area contributed by atoms with Crippen LogP contribution in [0.25, 0.3) is 0 Å². The third-order valence-corrected chi connectivity index (χ3v) is 5.94. The van der Waals surface area contributed by atoms with Crippen molar-refractivity contribution in [1.29, 1.82) is 0 Å². The normalized spacial score (nSPS) is 30.8. The Balaban J connectivity index is 1.57. The molecule has 1 fully saturated rings. The minimum absolute atomic E-state index is 0.366. The number of rotatable bonds is 8. The van der Waals surface area contributed by atoms with Crippen molar-refractivity contribution in [3.05, 3.63) is 71.8 Å². The van der Waals surface area contributed by atoms with Crippen molar-refractivity contribution >= 4 is 0 Å². The van der Waals surface area contributed by atoms with Gasteiger partial charge in [0.25, 0.3) is 0 Å². The number of hydrogen-bond acceptors (Lipinski definition) is 4. The van der Waals surface area contributed by atoms with E-state index in [1.165, 1.54) is 0 Å². The molecule has 1 aliphatic rings. The average molecular weight is 356 g/mol. The molecule has 2 aromatic rings. The largest absolute Gasteiger partial charge is 0.390 e. The van der Waals surface area contributed by atoms with E-state index < -0.39 is 23.0 Å². The Labute approximate surface area is 155 Å². The molecule has 26 heavy (non-hydrogen) atoms. The van der Waals surface area contributed by atoms with Gasteiger partial charge >= 0.3 is 0 Å². The Morgan fingerprint density at radius 2 is 1.04 bits per heavy atom. The lowest BCUT2D eigenvalue weighted by molar-refractivity contribution is -0.296. The summed E-state index contributed by atoms with van der Waals surface area (Å²) < 4.78 is 11.8. The number of aliphatic hydroxyl groups excluding tert-OH is 2. The van der Waals surface area contributed by atoms with Gasteiger partial charge in [-0.3, -0.25) is 0 Å². The van der Waals surface area contributed by atoms with Gasteiger partial charge < -0.3 is 19.7 Å². The van der Waals surface area contributed by atoms with E-state index in [1.807, 2.05) is 74.5 Å². The fraction of sp³-hybridized carbons (Fsp3) is 0.455. The van der Waals surface area contributed by atoms with Crippen LogP contribution < -0.4 is 0 Å². The van der Waals surface area contributed by atoms with E-state index in [0.717, 1.165) is 11.1 Å². The van der Waals surface area contributed by atoms with Crippen molar-refractivity contribution in [2.75, 3.05) is 13.2 Å². The van der Waals surface area contributed by atoms with E-state index in [2.05, 4.69) is 0 Å². The summed E-state index contributed by atoms with van der Waals surface area (Å²) in [4.78, 5) is 0. The Kier molecular flexibility index (Phi) is 5.78. The van der Waals surface area contributed by atoms with Gasteiger partial charge in [0, 0.05) is 10.8 Å². The molecule has 1 saturated carbocycles. The van der Waals surface area contributed by atoms with Crippen LogP contribution in [0.3, 0.4) is 0 Å². The summed E-state index contributed by atoms with van der Waals surface area (Å²) in [6, 6.07) is 19.9. The van der Waals surface area contributed by atoms with E-state index in [9.17, 15) is 10.2 Å². The zero-order valence-corrected chi connectivity index (χ0v) is 15.5. The van der Waals surface area contributed by atoms with Crippen molar-refractivity contribution in [2.24, 2.45) is 10.8 Å². The van der Waals surface area contributed by atoms with Crippen molar-refractivity contribution in [1.82, 2.24) is 0 Å². The standard InChI is InChI=1S/C22H28O4/c1-21(15-25-13-17-9-5-3-6-10-17)19(23)20(24)22(21,2)16-26-14-18-11-7-4-8-12-18/h3-12,19-20,23-24H,13-16H2,1-2H3/t19?,20?,21-,22+. The predicted octanol–water partition coefficient (Wildman–Crippen LogP) is 3.17. The molecule has 2 aromatic carbocycles. The van der Waals surface area contributed by atoms with Gasteiger partial charge in [-0.15, -0.1) is 0 Å². The quantitative estimate of drug-likeness (QED) is 0.763. The fourth-order valence-electron chi connectivity index (χ4n) is 3.69. The molecule has 4 atom stereocenters. The van der Waals surface area contributed by atoms with E-state index in [-0.39, 0.29) is 0 Å². The van der Waals surface area contributed by atoms with Crippen LogP contribution in [0, 0.1) is 10.8 Å². The lowest BCUT2D eigenvalue weighted by Crippen LogP contribution is -2.73. The molecule has 0 amide bonds. The lowest BCUT2D eigenvalue weighted by atomic mass is 9.47. The summed E-state index contributed by atoms with van der Waals surface area (Å²) in [7, 11) is 0. The molecule has 0 heterocycles. The maximum absolute atomic E-state index is 10.4. The van der Waals surface area contributed by atoms with Crippen LogP contribution in [0.1, 0.15) is 25.0 Å². The molecule has 0 radical (unpaired) electrons. The highest BCUT2D eigenvalue weighted by Gasteiger charge is 2.66. The topological polar surface area (TPSA) is 58.9 Å². The van der Waals surface area contributed by atoms with E-state index in [1.54, 1.807) is 0 Å². The van der Waals surface area contributed by atoms with Crippen LogP contribution in [-0.4, -0.2) is 35.6 Å². The van der Waals surface area contributed by atoms with Crippen molar-refractivity contribution in [3.8, 4) is 0 Å². The van der Waals surface area contributed by atoms with E-state index in [4.69, 9.17) is 9.47 Å². The molecule has 2 N–H and O–H groups in total. The van der Waals surface area contributed by atoms with Crippen LogP contribution in [-0.2, 0) is 22.7 Å². The molecule has 4 heteroatoms. The van der Waals surface area contributed by atoms with Crippen LogP contribution >= 0.6 is 0 Å². The Hall–Kier alpha value is -1.72. The first-order chi connectivity index (χ1) is 12.5. The van der Waals surface area contributed by atoms with Crippen LogP contribution in [0.4, 0.5) is 0 Å². The highest BCUT2D eigenvalue weighted by Crippen LogP contribution is 2.57. The summed E-state index contributed by atoms with van der Waals surface area (Å²) in [6.45, 7) is 5.62. The highest BCUT2D eigenvalue weighted by molar-refractivity contribution is 5.17. The Bertz CT molecular complexity index is 628. The van der Waals surface area contributed by atoms with Gasteiger partial charge in [-0.25, -0.2) is 0 Å². The smallest absolute Gasteiger partial charge is 0.0888 e. The van der Waals surface area contributed by atoms with Crippen molar-refractivity contribution in [2.45, 2.75) is 39.3 Å². The van der Waals surface area contributed by atoms with E-state index >= 15 is 0 Å². The molecule has 2 unspecified atom stereocenters. The van der Waals surface area contributed by atoms with Gasteiger partial charge in [0.05, 0.1) is 38.6 Å². The fourth-order valence-corrected chi connectivity index (χ4v) is 3.69. The monoisotopic (exact) mass is 356 g/mol. The van der Waals surface area contributed by atoms with Gasteiger partial charge in [-0.1, -0.05) is 74.5 Å². The Morgan fingerprint density at radius 1 is 0.692 bits per heavy atom. The van der Waals surface area contributed by atoms with Gasteiger partial charge in [0.1, 0.15) is 0 Å². The van der Waals surface area contributed by atoms with Crippen LogP contribution in [0.5, 0.6) is 0 Å². The second kappa shape index (κ2) is 7.89. The molecule has 0 aliphatic heterocycles. The third-order valence-electron chi connectivity index (χ3n) is 5.94. The SMILES string of the molecule is C[C@]1(COCc2ccccc2)C(O)C(O)[C@@]1(C)COCc1ccccc1. The second-order valence-corrected chi connectivity index (χ2v) is 7.68. The summed E-state index contributed by atoms with van der Waals surface area (Å²) in [5.74, 6) is 0. The maximum Gasteiger partial charge on any atom is 0.0888 e. The second-order valence-electron chi connectivity index (χ2n) is 7.68. The lowest BCUT2D eigenvalue weighted by Gasteiger charge is -2.62. The molecular weight excluding hydrogens is 328 g/mol. The first kappa shape index (κ1) is 19.1. The van der Waals surface area contributed by atoms with Crippen LogP contribution in [0.2, 0.25) is 0 Å². The number of aliphatic hydroxyl groups is 2. The van der Waals surface area contributed by atoms with Crippen molar-refractivity contribution in [3.63, 3.8) is 0 Å². The van der Waals surface area contributed by atoms with Gasteiger partial charge in [-0.2, -0.15) is 0 Å². The van der Waals surface area contributed by atoms with Gasteiger partial charge in [0.15, 0.2) is 0 Å². The predicted molar refractivity (Wildman–Crippen MR) is 100 cm³/mol. The number of benzene rings is 2. The van der Waals surface area contributed by atoms with E-state index in [0.29, 0.717) is 26.4 Å². The molecule has 0 spiro atoms. The van der Waals surface area contributed by atoms with Gasteiger partial charge in [-0.05, 0) is 11.1 Å². The first-order valence-corrected chi connectivity index (χ1v) is 9.07. The zero-order chi connectivity index (χ0) is 18.6. The summed E-state index contributed by atoms with van der Waals surface area (Å²) in [5.41, 5.74) is 1.07. The molecular formula is C22H28O4. The summed E-state index contributed by atoms with van der Waals surface area (Å²) in [6.07, 6.45) is -1.63. The first-order valence-electron chi connectivity index (χ1n) is 9.07. The molecule has 140 valence electrons. The molecule has 0 aromatic heterocycles. The van der Waals surface area contributed by atoms with Gasteiger partial charge in [0.2, 0.25) is 0 Å². The molecule has 4 nitrogen and oxygen atoms in total. The molecule has 3 rings (SSSR count). The third kappa shape index (κ3) is 3.55. The number of hydrogen-bond donors (Lipinski definition) is 2. The maximum atomic E-state index is 10.4. The summed E-state index contributed by atoms with van der Waals surface area (Å²) in [5, 5.41) is 20.8. The minimum atomic E-state index is -0.816. The Morgan fingerprint density at radius 3 is 1.38 bits per heavy atom. The van der Waals surface area contributed by atoms with Crippen LogP contribution in [0.15, 0.2) is 60.7 Å².